The number of benzene rings is 1. The Labute approximate surface area is 124 Å². The molecule has 20 heavy (non-hydrogen) atoms. The molecule has 0 saturated heterocycles. The van der Waals surface area contributed by atoms with E-state index in [4.69, 9.17) is 21.4 Å². The molecule has 0 fully saturated rings. The monoisotopic (exact) mass is 290 g/mol. The van der Waals surface area contributed by atoms with Crippen LogP contribution >= 0.6 is 12.2 Å². The molecular formula is C15H18N2O2S. The van der Waals surface area contributed by atoms with Gasteiger partial charge in [-0.2, -0.15) is 0 Å². The Morgan fingerprint density at radius 2 is 2.10 bits per heavy atom. The Hall–Kier alpha value is -2.01. The summed E-state index contributed by atoms with van der Waals surface area (Å²) in [5, 5.41) is 6.92. The summed E-state index contributed by atoms with van der Waals surface area (Å²) in [7, 11) is 1.67. The molecule has 0 amide bonds. The lowest BCUT2D eigenvalue weighted by Gasteiger charge is -2.19. The van der Waals surface area contributed by atoms with Crippen LogP contribution in [0.3, 0.4) is 0 Å². The second kappa shape index (κ2) is 6.96. The van der Waals surface area contributed by atoms with Crippen LogP contribution in [0.15, 0.2) is 47.1 Å². The number of hydrogen-bond donors (Lipinski definition) is 2. The van der Waals surface area contributed by atoms with E-state index in [1.165, 1.54) is 0 Å². The van der Waals surface area contributed by atoms with Crippen molar-refractivity contribution in [3.05, 3.63) is 54.0 Å². The third-order valence-electron chi connectivity index (χ3n) is 2.96. The molecule has 0 saturated carbocycles. The van der Waals surface area contributed by atoms with Gasteiger partial charge < -0.3 is 19.8 Å². The highest BCUT2D eigenvalue weighted by atomic mass is 32.1. The zero-order valence-electron chi connectivity index (χ0n) is 11.6. The highest BCUT2D eigenvalue weighted by Gasteiger charge is 2.11. The molecule has 1 aromatic carbocycles. The average Bonchev–Trinajstić information content (AvgIpc) is 2.98. The van der Waals surface area contributed by atoms with Gasteiger partial charge in [-0.3, -0.25) is 0 Å². The van der Waals surface area contributed by atoms with Gasteiger partial charge in [0.15, 0.2) is 5.11 Å². The molecule has 2 aromatic rings. The summed E-state index contributed by atoms with van der Waals surface area (Å²) in [6.45, 7) is 2.61. The van der Waals surface area contributed by atoms with E-state index in [2.05, 4.69) is 10.6 Å². The fourth-order valence-electron chi connectivity index (χ4n) is 1.93. The minimum Gasteiger partial charge on any atom is -0.496 e. The first-order valence-electron chi connectivity index (χ1n) is 6.40. The lowest BCUT2D eigenvalue weighted by atomic mass is 10.1. The molecule has 1 aromatic heterocycles. The maximum absolute atomic E-state index is 5.35. The Morgan fingerprint density at radius 1 is 1.30 bits per heavy atom. The highest BCUT2D eigenvalue weighted by molar-refractivity contribution is 7.80. The minimum absolute atomic E-state index is 0.0581. The lowest BCUT2D eigenvalue weighted by molar-refractivity contribution is 0.405. The van der Waals surface area contributed by atoms with Gasteiger partial charge >= 0.3 is 0 Å². The van der Waals surface area contributed by atoms with Gasteiger partial charge in [-0.1, -0.05) is 18.2 Å². The summed E-state index contributed by atoms with van der Waals surface area (Å²) in [4.78, 5) is 0. The number of nitrogens with one attached hydrogen (secondary N) is 2. The SMILES string of the molecule is COc1ccccc1[C@@H](C)NC(=S)NCc1ccco1. The molecule has 1 heterocycles. The second-order valence-corrected chi connectivity index (χ2v) is 4.78. The van der Waals surface area contributed by atoms with Crippen LogP contribution in [-0.2, 0) is 6.54 Å². The van der Waals surface area contributed by atoms with Crippen LogP contribution in [0.1, 0.15) is 24.3 Å². The first-order valence-corrected chi connectivity index (χ1v) is 6.81. The van der Waals surface area contributed by atoms with Crippen molar-refractivity contribution in [2.24, 2.45) is 0 Å². The van der Waals surface area contributed by atoms with E-state index in [1.54, 1.807) is 13.4 Å². The molecule has 0 radical (unpaired) electrons. The van der Waals surface area contributed by atoms with Gasteiger partial charge in [0, 0.05) is 5.56 Å². The molecule has 1 atom stereocenters. The van der Waals surface area contributed by atoms with Crippen molar-refractivity contribution in [2.45, 2.75) is 19.5 Å². The number of furan rings is 1. The summed E-state index contributed by atoms with van der Waals surface area (Å²) in [6.07, 6.45) is 1.64. The van der Waals surface area contributed by atoms with Crippen LogP contribution in [0, 0.1) is 0 Å². The number of hydrogen-bond acceptors (Lipinski definition) is 3. The maximum atomic E-state index is 5.35. The summed E-state index contributed by atoms with van der Waals surface area (Å²) in [5.41, 5.74) is 1.07. The van der Waals surface area contributed by atoms with Crippen LogP contribution in [0.4, 0.5) is 0 Å². The van der Waals surface area contributed by atoms with Crippen LogP contribution in [0.2, 0.25) is 0 Å². The van der Waals surface area contributed by atoms with Crippen molar-refractivity contribution in [2.75, 3.05) is 7.11 Å². The van der Waals surface area contributed by atoms with Gasteiger partial charge in [-0.05, 0) is 37.3 Å². The average molecular weight is 290 g/mol. The smallest absolute Gasteiger partial charge is 0.167 e. The maximum Gasteiger partial charge on any atom is 0.167 e. The van der Waals surface area contributed by atoms with E-state index >= 15 is 0 Å². The van der Waals surface area contributed by atoms with Gasteiger partial charge in [-0.15, -0.1) is 0 Å². The largest absolute Gasteiger partial charge is 0.496 e. The van der Waals surface area contributed by atoms with Crippen molar-refractivity contribution >= 4 is 17.3 Å². The first-order chi connectivity index (χ1) is 9.70. The van der Waals surface area contributed by atoms with Crippen molar-refractivity contribution in [1.82, 2.24) is 10.6 Å². The summed E-state index contributed by atoms with van der Waals surface area (Å²) in [5.74, 6) is 1.69. The van der Waals surface area contributed by atoms with Crippen LogP contribution in [-0.4, -0.2) is 12.2 Å². The molecule has 4 nitrogen and oxygen atoms in total. The number of thiocarbonyl (C=S) groups is 1. The molecule has 0 unspecified atom stereocenters. The second-order valence-electron chi connectivity index (χ2n) is 4.37. The predicted octanol–water partition coefficient (Wildman–Crippen LogP) is 3.01. The van der Waals surface area contributed by atoms with Crippen molar-refractivity contribution in [1.29, 1.82) is 0 Å². The number of methoxy groups -OCH3 is 1. The Balaban J connectivity index is 1.90. The third kappa shape index (κ3) is 3.74. The Kier molecular flexibility index (Phi) is 5.01. The Morgan fingerprint density at radius 3 is 2.80 bits per heavy atom. The van der Waals surface area contributed by atoms with Gasteiger partial charge in [0.1, 0.15) is 11.5 Å². The fraction of sp³-hybridized carbons (Fsp3) is 0.267. The predicted molar refractivity (Wildman–Crippen MR) is 82.7 cm³/mol. The van der Waals surface area contributed by atoms with E-state index in [0.29, 0.717) is 11.7 Å². The van der Waals surface area contributed by atoms with E-state index in [0.717, 1.165) is 17.1 Å². The summed E-state index contributed by atoms with van der Waals surface area (Å²) in [6, 6.07) is 11.7. The summed E-state index contributed by atoms with van der Waals surface area (Å²) < 4.78 is 10.6. The van der Waals surface area contributed by atoms with E-state index < -0.39 is 0 Å². The molecule has 106 valence electrons. The van der Waals surface area contributed by atoms with Crippen LogP contribution < -0.4 is 15.4 Å². The van der Waals surface area contributed by atoms with Crippen LogP contribution in [0.5, 0.6) is 5.75 Å². The lowest BCUT2D eigenvalue weighted by Crippen LogP contribution is -2.36. The Bertz CT molecular complexity index is 555. The fourth-order valence-corrected chi connectivity index (χ4v) is 2.18. The summed E-state index contributed by atoms with van der Waals surface area (Å²) >= 11 is 5.28. The van der Waals surface area contributed by atoms with Gasteiger partial charge in [0.25, 0.3) is 0 Å². The van der Waals surface area contributed by atoms with Gasteiger partial charge in [0.2, 0.25) is 0 Å². The normalized spacial score (nSPS) is 11.7. The first kappa shape index (κ1) is 14.4. The minimum atomic E-state index is 0.0581. The molecular weight excluding hydrogens is 272 g/mol. The molecule has 5 heteroatoms. The molecule has 2 rings (SSSR count). The quantitative estimate of drug-likeness (QED) is 0.829. The molecule has 0 spiro atoms. The molecule has 0 bridgehead atoms. The zero-order valence-corrected chi connectivity index (χ0v) is 12.4. The van der Waals surface area contributed by atoms with Crippen molar-refractivity contribution in [3.63, 3.8) is 0 Å². The van der Waals surface area contributed by atoms with Gasteiger partial charge in [-0.25, -0.2) is 0 Å². The third-order valence-corrected chi connectivity index (χ3v) is 3.22. The molecule has 0 aliphatic carbocycles. The van der Waals surface area contributed by atoms with E-state index in [1.807, 2.05) is 43.3 Å². The van der Waals surface area contributed by atoms with E-state index in [9.17, 15) is 0 Å². The van der Waals surface area contributed by atoms with E-state index in [-0.39, 0.29) is 6.04 Å². The number of ether oxygens (including phenoxy) is 1. The molecule has 2 N–H and O–H groups in total. The molecule has 0 aliphatic rings. The van der Waals surface area contributed by atoms with Gasteiger partial charge in [0.05, 0.1) is 26.0 Å². The standard InChI is InChI=1S/C15H18N2O2S/c1-11(13-7-3-4-8-14(13)18-2)17-15(20)16-10-12-6-5-9-19-12/h3-9,11H,10H2,1-2H3,(H2,16,17,20)/t11-/m1/s1. The number of para-hydroxylation sites is 1. The van der Waals surface area contributed by atoms with Crippen molar-refractivity contribution < 1.29 is 9.15 Å². The topological polar surface area (TPSA) is 46.4 Å². The number of rotatable bonds is 5. The highest BCUT2D eigenvalue weighted by Crippen LogP contribution is 2.24. The zero-order chi connectivity index (χ0) is 14.4. The molecule has 0 aliphatic heterocycles. The van der Waals surface area contributed by atoms with Crippen molar-refractivity contribution in [3.8, 4) is 5.75 Å². The van der Waals surface area contributed by atoms with Crippen LogP contribution in [0.25, 0.3) is 0 Å².